The van der Waals surface area contributed by atoms with Crippen LogP contribution in [0, 0.1) is 0 Å². The Hall–Kier alpha value is -1.66. The Morgan fingerprint density at radius 1 is 1.29 bits per heavy atom. The number of benzene rings is 1. The second-order valence-corrected chi connectivity index (χ2v) is 3.26. The lowest BCUT2D eigenvalue weighted by Crippen LogP contribution is -2.26. The first-order chi connectivity index (χ1) is 7.52. The lowest BCUT2D eigenvalue weighted by molar-refractivity contribution is 0.416. The van der Waals surface area contributed by atoms with E-state index in [0.29, 0.717) is 16.5 Å². The molecule has 8 heteroatoms. The fourth-order valence-corrected chi connectivity index (χ4v) is 1.20. The van der Waals surface area contributed by atoms with Gasteiger partial charge in [-0.2, -0.15) is 4.99 Å². The third-order valence-corrected chi connectivity index (χ3v) is 1.85. The van der Waals surface area contributed by atoms with E-state index in [0.717, 1.165) is 0 Å². The van der Waals surface area contributed by atoms with Crippen LogP contribution in [0.4, 0.5) is 5.69 Å². The maximum Gasteiger partial charge on any atom is 0.223 e. The predicted octanol–water partition coefficient (Wildman–Crippen LogP) is 0.990. The molecule has 0 amide bonds. The summed E-state index contributed by atoms with van der Waals surface area (Å²) >= 11 is 5.81. The van der Waals surface area contributed by atoms with Gasteiger partial charge in [0.15, 0.2) is 5.96 Å². The Balaban J connectivity index is 0.00000256. The van der Waals surface area contributed by atoms with Crippen molar-refractivity contribution in [2.45, 2.75) is 0 Å². The van der Waals surface area contributed by atoms with Crippen molar-refractivity contribution in [1.29, 1.82) is 0 Å². The molecule has 0 aliphatic carbocycles. The zero-order valence-corrected chi connectivity index (χ0v) is 10.6. The molecule has 0 atom stereocenters. The molecule has 6 N–H and O–H groups in total. The first kappa shape index (κ1) is 15.3. The summed E-state index contributed by atoms with van der Waals surface area (Å²) in [5.74, 6) is 0.293. The van der Waals surface area contributed by atoms with Crippen LogP contribution in [0.25, 0.3) is 0 Å². The van der Waals surface area contributed by atoms with Gasteiger partial charge in [-0.3, -0.25) is 0 Å². The van der Waals surface area contributed by atoms with Gasteiger partial charge in [0, 0.05) is 5.02 Å². The Morgan fingerprint density at radius 2 is 1.94 bits per heavy atom. The summed E-state index contributed by atoms with van der Waals surface area (Å²) < 4.78 is 5.07. The molecule has 17 heavy (non-hydrogen) atoms. The van der Waals surface area contributed by atoms with E-state index in [2.05, 4.69) is 9.98 Å². The number of halogens is 2. The molecular weight excluding hydrogens is 265 g/mol. The first-order valence-corrected chi connectivity index (χ1v) is 4.68. The van der Waals surface area contributed by atoms with E-state index in [9.17, 15) is 0 Å². The molecule has 0 aliphatic rings. The molecule has 0 spiro atoms. The van der Waals surface area contributed by atoms with Crippen molar-refractivity contribution in [1.82, 2.24) is 0 Å². The Kier molecular flexibility index (Phi) is 6.16. The number of nitrogens with zero attached hydrogens (tertiary/aromatic N) is 2. The number of ether oxygens (including phenoxy) is 1. The number of hydrogen-bond donors (Lipinski definition) is 3. The fourth-order valence-electron chi connectivity index (χ4n) is 1.03. The highest BCUT2D eigenvalue weighted by molar-refractivity contribution is 6.30. The third-order valence-electron chi connectivity index (χ3n) is 1.62. The lowest BCUT2D eigenvalue weighted by atomic mass is 10.3. The van der Waals surface area contributed by atoms with Crippen LogP contribution in [0.5, 0.6) is 5.75 Å². The monoisotopic (exact) mass is 277 g/mol. The van der Waals surface area contributed by atoms with Gasteiger partial charge in [0.05, 0.1) is 7.11 Å². The highest BCUT2D eigenvalue weighted by Gasteiger charge is 2.03. The van der Waals surface area contributed by atoms with Crippen LogP contribution >= 0.6 is 24.0 Å². The summed E-state index contributed by atoms with van der Waals surface area (Å²) in [5.41, 5.74) is 16.3. The van der Waals surface area contributed by atoms with Gasteiger partial charge in [-0.05, 0) is 18.2 Å². The van der Waals surface area contributed by atoms with E-state index in [1.165, 1.54) is 7.11 Å². The minimum absolute atomic E-state index is 0. The summed E-state index contributed by atoms with van der Waals surface area (Å²) in [6.45, 7) is 0. The van der Waals surface area contributed by atoms with Crippen LogP contribution in [0.1, 0.15) is 0 Å². The highest BCUT2D eigenvalue weighted by Crippen LogP contribution is 2.30. The van der Waals surface area contributed by atoms with Gasteiger partial charge in [0.2, 0.25) is 5.96 Å². The van der Waals surface area contributed by atoms with E-state index < -0.39 is 0 Å². The molecule has 1 aromatic carbocycles. The van der Waals surface area contributed by atoms with E-state index in [1.807, 2.05) is 0 Å². The minimum Gasteiger partial charge on any atom is -0.494 e. The molecule has 0 radical (unpaired) electrons. The zero-order valence-electron chi connectivity index (χ0n) is 9.05. The van der Waals surface area contributed by atoms with Crippen molar-refractivity contribution in [2.24, 2.45) is 27.2 Å². The first-order valence-electron chi connectivity index (χ1n) is 4.30. The summed E-state index contributed by atoms with van der Waals surface area (Å²) in [7, 11) is 1.51. The number of hydrogen-bond acceptors (Lipinski definition) is 2. The smallest absolute Gasteiger partial charge is 0.223 e. The van der Waals surface area contributed by atoms with Crippen LogP contribution in [0.2, 0.25) is 5.02 Å². The Bertz CT molecular complexity index is 443. The minimum atomic E-state index is -0.165. The Morgan fingerprint density at radius 3 is 2.47 bits per heavy atom. The van der Waals surface area contributed by atoms with Crippen molar-refractivity contribution in [3.8, 4) is 5.75 Å². The van der Waals surface area contributed by atoms with Crippen molar-refractivity contribution >= 4 is 41.6 Å². The standard InChI is InChI=1S/C9H12ClN5O.ClH/c1-16-7-3-2-5(10)4-6(7)14-9(13)15-8(11)12;/h2-4H,1H3,(H6,11,12,13,14,15);1H. The average Bonchev–Trinajstić information content (AvgIpc) is 2.16. The van der Waals surface area contributed by atoms with Gasteiger partial charge in [-0.1, -0.05) is 11.6 Å². The molecule has 0 unspecified atom stereocenters. The van der Waals surface area contributed by atoms with Crippen molar-refractivity contribution in [2.75, 3.05) is 7.11 Å². The van der Waals surface area contributed by atoms with E-state index >= 15 is 0 Å². The molecule has 0 aromatic heterocycles. The third kappa shape index (κ3) is 4.80. The number of methoxy groups -OCH3 is 1. The molecular formula is C9H13Cl2N5O. The molecule has 1 rings (SSSR count). The normalized spacial score (nSPS) is 10.4. The summed E-state index contributed by atoms with van der Waals surface area (Å²) in [6, 6.07) is 4.94. The molecule has 6 nitrogen and oxygen atoms in total. The van der Waals surface area contributed by atoms with Gasteiger partial charge >= 0.3 is 0 Å². The lowest BCUT2D eigenvalue weighted by Gasteiger charge is -2.04. The second kappa shape index (κ2) is 6.82. The van der Waals surface area contributed by atoms with Gasteiger partial charge in [-0.25, -0.2) is 4.99 Å². The quantitative estimate of drug-likeness (QED) is 0.553. The number of guanidine groups is 2. The van der Waals surface area contributed by atoms with Gasteiger partial charge in [-0.15, -0.1) is 12.4 Å². The maximum absolute atomic E-state index is 5.81. The average molecular weight is 278 g/mol. The topological polar surface area (TPSA) is 112 Å². The molecule has 0 saturated heterocycles. The predicted molar refractivity (Wildman–Crippen MR) is 72.3 cm³/mol. The number of nitrogens with two attached hydrogens (primary N) is 3. The van der Waals surface area contributed by atoms with Gasteiger partial charge < -0.3 is 21.9 Å². The summed E-state index contributed by atoms with van der Waals surface area (Å²) in [4.78, 5) is 7.55. The molecule has 0 heterocycles. The molecule has 0 aliphatic heterocycles. The largest absolute Gasteiger partial charge is 0.494 e. The molecule has 0 saturated carbocycles. The van der Waals surface area contributed by atoms with Crippen molar-refractivity contribution < 1.29 is 4.74 Å². The number of aliphatic imine (C=N–C) groups is 2. The van der Waals surface area contributed by atoms with Gasteiger partial charge in [0.25, 0.3) is 0 Å². The Labute approximate surface area is 110 Å². The number of rotatable bonds is 2. The molecule has 0 fully saturated rings. The van der Waals surface area contributed by atoms with Crippen LogP contribution < -0.4 is 21.9 Å². The SMILES string of the molecule is COc1ccc(Cl)cc1N=C(N)N=C(N)N.Cl. The summed E-state index contributed by atoms with van der Waals surface area (Å²) in [5, 5.41) is 0.511. The van der Waals surface area contributed by atoms with Crippen LogP contribution in [-0.2, 0) is 0 Å². The maximum atomic E-state index is 5.81. The second-order valence-electron chi connectivity index (χ2n) is 2.82. The fraction of sp³-hybridized carbons (Fsp3) is 0.111. The molecule has 0 bridgehead atoms. The molecule has 1 aromatic rings. The van der Waals surface area contributed by atoms with Crippen molar-refractivity contribution in [3.63, 3.8) is 0 Å². The zero-order chi connectivity index (χ0) is 12.1. The van der Waals surface area contributed by atoms with Crippen LogP contribution in [0.15, 0.2) is 28.2 Å². The van der Waals surface area contributed by atoms with Crippen molar-refractivity contribution in [3.05, 3.63) is 23.2 Å². The van der Waals surface area contributed by atoms with E-state index in [-0.39, 0.29) is 24.3 Å². The summed E-state index contributed by atoms with van der Waals surface area (Å²) in [6.07, 6.45) is 0. The highest BCUT2D eigenvalue weighted by atomic mass is 35.5. The van der Waals surface area contributed by atoms with E-state index in [4.69, 9.17) is 33.5 Å². The van der Waals surface area contributed by atoms with Gasteiger partial charge in [0.1, 0.15) is 11.4 Å². The van der Waals surface area contributed by atoms with E-state index in [1.54, 1.807) is 18.2 Å². The molecule has 94 valence electrons. The van der Waals surface area contributed by atoms with Crippen LogP contribution in [-0.4, -0.2) is 19.0 Å². The van der Waals surface area contributed by atoms with Crippen LogP contribution in [0.3, 0.4) is 0 Å².